The largest absolute Gasteiger partial charge is 0.352 e. The molecule has 0 saturated heterocycles. The second-order valence-corrected chi connectivity index (χ2v) is 5.43. The number of hydrogen-bond donors (Lipinski definition) is 1. The van der Waals surface area contributed by atoms with Crippen LogP contribution in [0.25, 0.3) is 0 Å². The van der Waals surface area contributed by atoms with Gasteiger partial charge in [-0.1, -0.05) is 13.8 Å². The first kappa shape index (κ1) is 14.1. The molecule has 1 N–H and O–H groups in total. The van der Waals surface area contributed by atoms with Crippen LogP contribution in [0, 0.1) is 6.92 Å². The molecule has 1 amide bonds. The highest BCUT2D eigenvalue weighted by Gasteiger charge is 2.19. The molecule has 19 heavy (non-hydrogen) atoms. The van der Waals surface area contributed by atoms with Crippen LogP contribution in [0.2, 0.25) is 0 Å². The minimum absolute atomic E-state index is 0.113. The first-order chi connectivity index (χ1) is 9.15. The number of imidazole rings is 1. The number of hydrogen-bond acceptors (Lipinski definition) is 2. The number of aryl methyl sites for hydroxylation is 2. The van der Waals surface area contributed by atoms with E-state index in [1.54, 1.807) is 0 Å². The molecule has 0 aliphatic heterocycles. The number of fused-ring (bicyclic) bond motifs is 1. The van der Waals surface area contributed by atoms with E-state index in [0.717, 1.165) is 31.5 Å². The zero-order valence-corrected chi connectivity index (χ0v) is 12.3. The Morgan fingerprint density at radius 3 is 2.68 bits per heavy atom. The van der Waals surface area contributed by atoms with Gasteiger partial charge in [0.2, 0.25) is 5.91 Å². The highest BCUT2D eigenvalue weighted by Crippen LogP contribution is 2.21. The van der Waals surface area contributed by atoms with Gasteiger partial charge in [0.15, 0.2) is 0 Å². The number of carbonyl (C=O) groups excluding carboxylic acids is 1. The Bertz CT molecular complexity index is 446. The van der Waals surface area contributed by atoms with Crippen LogP contribution in [-0.2, 0) is 24.2 Å². The van der Waals surface area contributed by atoms with Gasteiger partial charge in [-0.05, 0) is 45.4 Å². The average Bonchev–Trinajstić information content (AvgIpc) is 2.72. The number of aromatic nitrogens is 2. The lowest BCUT2D eigenvalue weighted by atomic mass is 10.0. The topological polar surface area (TPSA) is 46.9 Å². The summed E-state index contributed by atoms with van der Waals surface area (Å²) in [5, 5.41) is 3.10. The van der Waals surface area contributed by atoms with Gasteiger partial charge in [-0.3, -0.25) is 4.79 Å². The van der Waals surface area contributed by atoms with Gasteiger partial charge in [0.25, 0.3) is 0 Å². The number of rotatable bonds is 5. The van der Waals surface area contributed by atoms with E-state index < -0.39 is 0 Å². The quantitative estimate of drug-likeness (QED) is 0.886. The Morgan fingerprint density at radius 1 is 1.32 bits per heavy atom. The molecule has 0 fully saturated rings. The lowest BCUT2D eigenvalue weighted by molar-refractivity contribution is -0.122. The van der Waals surface area contributed by atoms with Crippen molar-refractivity contribution in [1.29, 1.82) is 0 Å². The van der Waals surface area contributed by atoms with Crippen LogP contribution in [-0.4, -0.2) is 21.5 Å². The third-order valence-electron chi connectivity index (χ3n) is 4.08. The number of amides is 1. The Labute approximate surface area is 115 Å². The van der Waals surface area contributed by atoms with Gasteiger partial charge in [0.05, 0.1) is 5.69 Å². The normalized spacial score (nSPS) is 14.5. The maximum absolute atomic E-state index is 12.1. The predicted octanol–water partition coefficient (Wildman–Crippen LogP) is 2.38. The van der Waals surface area contributed by atoms with Crippen LogP contribution < -0.4 is 5.32 Å². The number of carbonyl (C=O) groups is 1. The summed E-state index contributed by atoms with van der Waals surface area (Å²) in [4.78, 5) is 16.7. The van der Waals surface area contributed by atoms with Crippen LogP contribution in [0.4, 0.5) is 0 Å². The molecule has 1 aromatic rings. The molecule has 4 nitrogen and oxygen atoms in total. The molecule has 0 saturated carbocycles. The molecule has 2 rings (SSSR count). The third kappa shape index (κ3) is 3.17. The number of nitrogens with zero attached hydrogens (tertiary/aromatic N) is 2. The minimum atomic E-state index is 0.113. The van der Waals surface area contributed by atoms with E-state index in [-0.39, 0.29) is 5.91 Å². The fourth-order valence-electron chi connectivity index (χ4n) is 2.86. The lowest BCUT2D eigenvalue weighted by Gasteiger charge is -2.17. The van der Waals surface area contributed by atoms with Gasteiger partial charge in [-0.25, -0.2) is 4.98 Å². The van der Waals surface area contributed by atoms with Gasteiger partial charge in [-0.15, -0.1) is 0 Å². The molecule has 0 spiro atoms. The van der Waals surface area contributed by atoms with Crippen molar-refractivity contribution < 1.29 is 4.79 Å². The van der Waals surface area contributed by atoms with E-state index in [4.69, 9.17) is 0 Å². The van der Waals surface area contributed by atoms with Crippen molar-refractivity contribution >= 4 is 5.91 Å². The van der Waals surface area contributed by atoms with Crippen molar-refractivity contribution in [1.82, 2.24) is 14.9 Å². The van der Waals surface area contributed by atoms with Crippen LogP contribution in [0.1, 0.15) is 56.7 Å². The first-order valence-electron chi connectivity index (χ1n) is 7.49. The van der Waals surface area contributed by atoms with Crippen molar-refractivity contribution in [3.8, 4) is 0 Å². The summed E-state index contributed by atoms with van der Waals surface area (Å²) < 4.78 is 2.10. The summed E-state index contributed by atoms with van der Waals surface area (Å²) in [7, 11) is 0. The molecular formula is C15H25N3O. The summed E-state index contributed by atoms with van der Waals surface area (Å²) >= 11 is 0. The molecule has 0 bridgehead atoms. The standard InChI is InChI=1S/C15H25N3O/c1-4-12(5-2)17-15(19)10-18-11(3)16-13-8-6-7-9-14(13)18/h12H,4-10H2,1-3H3,(H,17,19). The zero-order valence-electron chi connectivity index (χ0n) is 12.3. The van der Waals surface area contributed by atoms with Crippen LogP contribution >= 0.6 is 0 Å². The zero-order chi connectivity index (χ0) is 13.8. The van der Waals surface area contributed by atoms with Crippen molar-refractivity contribution in [3.63, 3.8) is 0 Å². The summed E-state index contributed by atoms with van der Waals surface area (Å²) in [5.74, 6) is 1.09. The van der Waals surface area contributed by atoms with E-state index in [9.17, 15) is 4.79 Å². The molecule has 4 heteroatoms. The van der Waals surface area contributed by atoms with Gasteiger partial charge in [0.1, 0.15) is 12.4 Å². The molecule has 1 aliphatic rings. The van der Waals surface area contributed by atoms with E-state index in [2.05, 4.69) is 28.7 Å². The van der Waals surface area contributed by atoms with Crippen molar-refractivity contribution in [2.24, 2.45) is 0 Å². The molecule has 1 aromatic heterocycles. The van der Waals surface area contributed by atoms with Crippen LogP contribution in [0.15, 0.2) is 0 Å². The first-order valence-corrected chi connectivity index (χ1v) is 7.49. The fraction of sp³-hybridized carbons (Fsp3) is 0.733. The van der Waals surface area contributed by atoms with E-state index in [1.165, 1.54) is 24.2 Å². The second-order valence-electron chi connectivity index (χ2n) is 5.43. The van der Waals surface area contributed by atoms with E-state index in [1.807, 2.05) is 6.92 Å². The van der Waals surface area contributed by atoms with Crippen molar-refractivity contribution in [2.75, 3.05) is 0 Å². The molecular weight excluding hydrogens is 238 g/mol. The minimum Gasteiger partial charge on any atom is -0.352 e. The lowest BCUT2D eigenvalue weighted by Crippen LogP contribution is -2.36. The van der Waals surface area contributed by atoms with E-state index >= 15 is 0 Å². The van der Waals surface area contributed by atoms with Crippen molar-refractivity contribution in [3.05, 3.63) is 17.2 Å². The summed E-state index contributed by atoms with van der Waals surface area (Å²) in [6.45, 7) is 6.64. The van der Waals surface area contributed by atoms with Gasteiger partial charge < -0.3 is 9.88 Å². The predicted molar refractivity (Wildman–Crippen MR) is 76.1 cm³/mol. The van der Waals surface area contributed by atoms with E-state index in [0.29, 0.717) is 12.6 Å². The SMILES string of the molecule is CCC(CC)NC(=O)Cn1c(C)nc2c1CCCC2. The fourth-order valence-corrected chi connectivity index (χ4v) is 2.86. The monoisotopic (exact) mass is 263 g/mol. The second kappa shape index (κ2) is 6.22. The molecule has 0 aromatic carbocycles. The Balaban J connectivity index is 2.06. The highest BCUT2D eigenvalue weighted by atomic mass is 16.2. The third-order valence-corrected chi connectivity index (χ3v) is 4.08. The van der Waals surface area contributed by atoms with Crippen molar-refractivity contribution in [2.45, 2.75) is 71.9 Å². The van der Waals surface area contributed by atoms with Gasteiger partial charge >= 0.3 is 0 Å². The molecule has 0 unspecified atom stereocenters. The molecule has 106 valence electrons. The summed E-state index contributed by atoms with van der Waals surface area (Å²) in [5.41, 5.74) is 2.49. The maximum atomic E-state index is 12.1. The number of nitrogens with one attached hydrogen (secondary N) is 1. The van der Waals surface area contributed by atoms with Gasteiger partial charge in [0, 0.05) is 11.7 Å². The molecule has 0 radical (unpaired) electrons. The Hall–Kier alpha value is -1.32. The maximum Gasteiger partial charge on any atom is 0.240 e. The summed E-state index contributed by atoms with van der Waals surface area (Å²) in [6, 6.07) is 0.298. The Morgan fingerprint density at radius 2 is 2.00 bits per heavy atom. The van der Waals surface area contributed by atoms with Crippen LogP contribution in [0.5, 0.6) is 0 Å². The highest BCUT2D eigenvalue weighted by molar-refractivity contribution is 5.76. The van der Waals surface area contributed by atoms with Crippen LogP contribution in [0.3, 0.4) is 0 Å². The smallest absolute Gasteiger partial charge is 0.240 e. The average molecular weight is 263 g/mol. The molecule has 0 atom stereocenters. The molecule has 1 aliphatic carbocycles. The summed E-state index contributed by atoms with van der Waals surface area (Å²) in [6.07, 6.45) is 6.55. The Kier molecular flexibility index (Phi) is 4.61. The molecule has 1 heterocycles. The van der Waals surface area contributed by atoms with Gasteiger partial charge in [-0.2, -0.15) is 0 Å².